The predicted octanol–water partition coefficient (Wildman–Crippen LogP) is 2.53. The third-order valence-electron chi connectivity index (χ3n) is 3.19. The molecule has 2 aromatic rings. The lowest BCUT2D eigenvalue weighted by atomic mass is 10.2. The fraction of sp³-hybridized carbons (Fsp3) is 0.0667. The minimum Gasteiger partial charge on any atom is -0.496 e. The van der Waals surface area contributed by atoms with E-state index in [0.717, 1.165) is 15.8 Å². The molecule has 0 spiro atoms. The van der Waals surface area contributed by atoms with Gasteiger partial charge in [-0.1, -0.05) is 12.1 Å². The van der Waals surface area contributed by atoms with Gasteiger partial charge in [-0.05, 0) is 51.8 Å². The molecule has 0 atom stereocenters. The summed E-state index contributed by atoms with van der Waals surface area (Å²) in [7, 11) is -2.05. The second kappa shape index (κ2) is 6.13. The quantitative estimate of drug-likeness (QED) is 0.641. The lowest BCUT2D eigenvalue weighted by molar-refractivity contribution is 0.412. The van der Waals surface area contributed by atoms with Crippen LogP contribution in [0.3, 0.4) is 0 Å². The molecule has 3 rings (SSSR count). The van der Waals surface area contributed by atoms with Crippen molar-refractivity contribution in [2.45, 2.75) is 4.90 Å². The monoisotopic (exact) mass is 393 g/mol. The maximum Gasteiger partial charge on any atom is 0.285 e. The number of hydrogen-bond donors (Lipinski definition) is 1. The number of hydrazone groups is 1. The molecule has 0 saturated heterocycles. The van der Waals surface area contributed by atoms with Gasteiger partial charge in [0.15, 0.2) is 5.84 Å². The van der Waals surface area contributed by atoms with E-state index in [1.165, 1.54) is 6.07 Å². The number of nitrogens with one attached hydrogen (secondary N) is 1. The Morgan fingerprint density at radius 3 is 2.78 bits per heavy atom. The Hall–Kier alpha value is -2.19. The maximum absolute atomic E-state index is 11.9. The molecule has 1 heterocycles. The van der Waals surface area contributed by atoms with E-state index in [4.69, 9.17) is 4.74 Å². The van der Waals surface area contributed by atoms with E-state index in [9.17, 15) is 8.42 Å². The summed E-state index contributed by atoms with van der Waals surface area (Å²) in [6.07, 6.45) is 1.57. The summed E-state index contributed by atoms with van der Waals surface area (Å²) >= 11 is 3.39. The molecule has 118 valence electrons. The number of hydrogen-bond acceptors (Lipinski definition) is 5. The SMILES string of the molecule is COc1ccc(C=NNC2=NS(=O)(=O)c3ccccc32)cc1Br. The molecule has 23 heavy (non-hydrogen) atoms. The molecular formula is C15H12BrN3O3S. The zero-order valence-corrected chi connectivity index (χ0v) is 14.4. The van der Waals surface area contributed by atoms with Crippen molar-refractivity contribution in [1.82, 2.24) is 5.43 Å². The van der Waals surface area contributed by atoms with Crippen molar-refractivity contribution in [2.24, 2.45) is 9.50 Å². The molecule has 2 aromatic carbocycles. The minimum absolute atomic E-state index is 0.185. The average molecular weight is 394 g/mol. The molecule has 0 unspecified atom stereocenters. The number of ether oxygens (including phenoxy) is 1. The number of amidine groups is 1. The van der Waals surface area contributed by atoms with Gasteiger partial charge in [0.25, 0.3) is 10.0 Å². The first kappa shape index (κ1) is 15.7. The van der Waals surface area contributed by atoms with Crippen molar-refractivity contribution < 1.29 is 13.2 Å². The number of halogens is 1. The Balaban J connectivity index is 1.80. The van der Waals surface area contributed by atoms with Crippen LogP contribution in [-0.2, 0) is 10.0 Å². The van der Waals surface area contributed by atoms with Crippen LogP contribution in [0, 0.1) is 0 Å². The van der Waals surface area contributed by atoms with Gasteiger partial charge >= 0.3 is 0 Å². The molecule has 0 aliphatic carbocycles. The lowest BCUT2D eigenvalue weighted by Crippen LogP contribution is -2.17. The molecule has 0 aromatic heterocycles. The summed E-state index contributed by atoms with van der Waals surface area (Å²) < 4.78 is 33.5. The Bertz CT molecular complexity index is 923. The largest absolute Gasteiger partial charge is 0.496 e. The standard InChI is InChI=1S/C15H12BrN3O3S/c1-22-13-7-6-10(8-12(13)16)9-17-18-15-11-4-2-3-5-14(11)23(20,21)19-15/h2-9H,1H3,(H,18,19). The predicted molar refractivity (Wildman–Crippen MR) is 91.6 cm³/mol. The molecular weight excluding hydrogens is 382 g/mol. The molecule has 6 nitrogen and oxygen atoms in total. The van der Waals surface area contributed by atoms with Gasteiger partial charge < -0.3 is 4.74 Å². The van der Waals surface area contributed by atoms with E-state index < -0.39 is 10.0 Å². The maximum atomic E-state index is 11.9. The fourth-order valence-corrected chi connectivity index (χ4v) is 3.85. The van der Waals surface area contributed by atoms with Gasteiger partial charge in [0, 0.05) is 5.56 Å². The Morgan fingerprint density at radius 2 is 2.04 bits per heavy atom. The second-order valence-corrected chi connectivity index (χ2v) is 7.10. The zero-order chi connectivity index (χ0) is 16.4. The summed E-state index contributed by atoms with van der Waals surface area (Å²) in [5.41, 5.74) is 4.02. The Labute approximate surface area is 142 Å². The highest BCUT2D eigenvalue weighted by Crippen LogP contribution is 2.26. The zero-order valence-electron chi connectivity index (χ0n) is 12.0. The first-order valence-electron chi connectivity index (χ1n) is 6.58. The summed E-state index contributed by atoms with van der Waals surface area (Å²) in [5, 5.41) is 4.05. The number of fused-ring (bicyclic) bond motifs is 1. The van der Waals surface area contributed by atoms with Crippen molar-refractivity contribution in [3.63, 3.8) is 0 Å². The van der Waals surface area contributed by atoms with Crippen molar-refractivity contribution >= 4 is 38.0 Å². The highest BCUT2D eigenvalue weighted by molar-refractivity contribution is 9.10. The van der Waals surface area contributed by atoms with Gasteiger partial charge in [-0.25, -0.2) is 0 Å². The van der Waals surface area contributed by atoms with E-state index in [2.05, 4.69) is 30.9 Å². The van der Waals surface area contributed by atoms with Crippen LogP contribution in [0.4, 0.5) is 0 Å². The van der Waals surface area contributed by atoms with Gasteiger partial charge in [0.2, 0.25) is 0 Å². The second-order valence-electron chi connectivity index (χ2n) is 4.68. The molecule has 1 aliphatic rings. The molecule has 0 bridgehead atoms. The van der Waals surface area contributed by atoms with Crippen LogP contribution in [0.2, 0.25) is 0 Å². The van der Waals surface area contributed by atoms with Crippen LogP contribution in [0.1, 0.15) is 11.1 Å². The summed E-state index contributed by atoms with van der Waals surface area (Å²) in [4.78, 5) is 0.185. The van der Waals surface area contributed by atoms with E-state index >= 15 is 0 Å². The van der Waals surface area contributed by atoms with Gasteiger partial charge in [-0.3, -0.25) is 5.43 Å². The average Bonchev–Trinajstić information content (AvgIpc) is 2.79. The molecule has 0 radical (unpaired) electrons. The van der Waals surface area contributed by atoms with Crippen LogP contribution in [-0.4, -0.2) is 27.6 Å². The summed E-state index contributed by atoms with van der Waals surface area (Å²) in [5.74, 6) is 0.930. The molecule has 1 N–H and O–H groups in total. The van der Waals surface area contributed by atoms with Crippen LogP contribution in [0.15, 0.2) is 61.3 Å². The third-order valence-corrected chi connectivity index (χ3v) is 5.15. The van der Waals surface area contributed by atoms with Crippen LogP contribution >= 0.6 is 15.9 Å². The van der Waals surface area contributed by atoms with E-state index in [-0.39, 0.29) is 10.7 Å². The van der Waals surface area contributed by atoms with Crippen LogP contribution in [0.5, 0.6) is 5.75 Å². The van der Waals surface area contributed by atoms with Crippen molar-refractivity contribution in [3.05, 3.63) is 58.1 Å². The highest BCUT2D eigenvalue weighted by atomic mass is 79.9. The van der Waals surface area contributed by atoms with Gasteiger partial charge in [0.05, 0.1) is 17.8 Å². The smallest absolute Gasteiger partial charge is 0.285 e. The third kappa shape index (κ3) is 3.13. The molecule has 0 amide bonds. The van der Waals surface area contributed by atoms with Gasteiger partial charge in [-0.15, -0.1) is 4.40 Å². The van der Waals surface area contributed by atoms with Crippen molar-refractivity contribution in [1.29, 1.82) is 0 Å². The molecule has 1 aliphatic heterocycles. The normalized spacial score (nSPS) is 15.3. The van der Waals surface area contributed by atoms with E-state index in [1.807, 2.05) is 12.1 Å². The van der Waals surface area contributed by atoms with E-state index in [1.54, 1.807) is 37.6 Å². The molecule has 8 heteroatoms. The van der Waals surface area contributed by atoms with Gasteiger partial charge in [0.1, 0.15) is 10.6 Å². The van der Waals surface area contributed by atoms with Crippen LogP contribution < -0.4 is 10.2 Å². The number of methoxy groups -OCH3 is 1. The minimum atomic E-state index is -3.64. The number of nitrogens with zero attached hydrogens (tertiary/aromatic N) is 2. The highest BCUT2D eigenvalue weighted by Gasteiger charge is 2.28. The lowest BCUT2D eigenvalue weighted by Gasteiger charge is -2.03. The summed E-state index contributed by atoms with van der Waals surface area (Å²) in [6, 6.07) is 12.1. The van der Waals surface area contributed by atoms with Crippen molar-refractivity contribution in [3.8, 4) is 5.75 Å². The topological polar surface area (TPSA) is 80.1 Å². The first-order valence-corrected chi connectivity index (χ1v) is 8.81. The number of rotatable bonds is 3. The van der Waals surface area contributed by atoms with Crippen molar-refractivity contribution in [2.75, 3.05) is 7.11 Å². The summed E-state index contributed by atoms with van der Waals surface area (Å²) in [6.45, 7) is 0. The molecule has 0 fully saturated rings. The van der Waals surface area contributed by atoms with Gasteiger partial charge in [-0.2, -0.15) is 13.5 Å². The molecule has 0 saturated carbocycles. The Morgan fingerprint density at radius 1 is 1.26 bits per heavy atom. The number of benzene rings is 2. The Kier molecular flexibility index (Phi) is 4.18. The fourth-order valence-electron chi connectivity index (χ4n) is 2.12. The number of sulfonamides is 1. The van der Waals surface area contributed by atoms with Crippen LogP contribution in [0.25, 0.3) is 0 Å². The first-order chi connectivity index (χ1) is 11.0. The van der Waals surface area contributed by atoms with E-state index in [0.29, 0.717) is 5.56 Å².